The lowest BCUT2D eigenvalue weighted by Crippen LogP contribution is -2.44. The van der Waals surface area contributed by atoms with Crippen molar-refractivity contribution in [1.29, 1.82) is 0 Å². The fourth-order valence-corrected chi connectivity index (χ4v) is 4.78. The highest BCUT2D eigenvalue weighted by Gasteiger charge is 2.43. The SMILES string of the molecule is Cc1ccc(CN2CCC[C@]3(CCN(C(=O)c4cccc(N(C)C)c4)C3)C2)o1. The van der Waals surface area contributed by atoms with Gasteiger partial charge in [0, 0.05) is 50.4 Å². The van der Waals surface area contributed by atoms with E-state index < -0.39 is 0 Å². The van der Waals surface area contributed by atoms with E-state index in [-0.39, 0.29) is 11.3 Å². The Bertz CT molecular complexity index is 844. The van der Waals surface area contributed by atoms with Crippen LogP contribution in [-0.4, -0.2) is 56.0 Å². The maximum atomic E-state index is 13.1. The number of carbonyl (C=O) groups is 1. The monoisotopic (exact) mass is 381 g/mol. The van der Waals surface area contributed by atoms with Gasteiger partial charge in [0.15, 0.2) is 0 Å². The van der Waals surface area contributed by atoms with E-state index in [1.54, 1.807) is 0 Å². The molecule has 0 aliphatic carbocycles. The number of carbonyl (C=O) groups excluding carboxylic acids is 1. The molecule has 0 radical (unpaired) electrons. The predicted molar refractivity (Wildman–Crippen MR) is 112 cm³/mol. The van der Waals surface area contributed by atoms with Crippen LogP contribution in [0.5, 0.6) is 0 Å². The van der Waals surface area contributed by atoms with Crippen LogP contribution in [0.4, 0.5) is 5.69 Å². The Morgan fingerprint density at radius 2 is 2.00 bits per heavy atom. The van der Waals surface area contributed by atoms with E-state index in [0.29, 0.717) is 0 Å². The van der Waals surface area contributed by atoms with Gasteiger partial charge in [0.05, 0.1) is 6.54 Å². The fourth-order valence-electron chi connectivity index (χ4n) is 4.78. The summed E-state index contributed by atoms with van der Waals surface area (Å²) in [5, 5.41) is 0. The highest BCUT2D eigenvalue weighted by molar-refractivity contribution is 5.95. The first kappa shape index (κ1) is 19.1. The molecule has 28 heavy (non-hydrogen) atoms. The van der Waals surface area contributed by atoms with Gasteiger partial charge in [-0.05, 0) is 63.1 Å². The summed E-state index contributed by atoms with van der Waals surface area (Å²) >= 11 is 0. The van der Waals surface area contributed by atoms with E-state index in [4.69, 9.17) is 4.42 Å². The van der Waals surface area contributed by atoms with Crippen LogP contribution in [-0.2, 0) is 6.54 Å². The summed E-state index contributed by atoms with van der Waals surface area (Å²) in [4.78, 5) is 19.7. The molecule has 5 heteroatoms. The number of aryl methyl sites for hydroxylation is 1. The molecule has 0 unspecified atom stereocenters. The topological polar surface area (TPSA) is 39.9 Å². The van der Waals surface area contributed by atoms with Crippen molar-refractivity contribution in [2.75, 3.05) is 45.2 Å². The molecule has 3 heterocycles. The molecule has 5 nitrogen and oxygen atoms in total. The van der Waals surface area contributed by atoms with Gasteiger partial charge in [-0.25, -0.2) is 0 Å². The van der Waals surface area contributed by atoms with Crippen LogP contribution in [0.1, 0.15) is 41.1 Å². The van der Waals surface area contributed by atoms with Crippen LogP contribution in [0.15, 0.2) is 40.8 Å². The molecule has 0 bridgehead atoms. The molecule has 2 aliphatic rings. The van der Waals surface area contributed by atoms with E-state index in [0.717, 1.165) is 61.9 Å². The molecule has 1 spiro atoms. The van der Waals surface area contributed by atoms with Gasteiger partial charge in [0.1, 0.15) is 11.5 Å². The molecule has 150 valence electrons. The molecule has 0 N–H and O–H groups in total. The minimum absolute atomic E-state index is 0.166. The van der Waals surface area contributed by atoms with Crippen molar-refractivity contribution in [2.24, 2.45) is 5.41 Å². The maximum absolute atomic E-state index is 13.1. The van der Waals surface area contributed by atoms with Crippen molar-refractivity contribution in [1.82, 2.24) is 9.80 Å². The number of nitrogens with zero attached hydrogens (tertiary/aromatic N) is 3. The lowest BCUT2D eigenvalue weighted by Gasteiger charge is -2.40. The second kappa shape index (κ2) is 7.63. The Kier molecular flexibility index (Phi) is 5.19. The number of amides is 1. The second-order valence-electron chi connectivity index (χ2n) is 8.75. The summed E-state index contributed by atoms with van der Waals surface area (Å²) in [7, 11) is 4.01. The molecule has 2 saturated heterocycles. The van der Waals surface area contributed by atoms with Crippen molar-refractivity contribution >= 4 is 11.6 Å². The van der Waals surface area contributed by atoms with Gasteiger partial charge in [0.25, 0.3) is 5.91 Å². The Balaban J connectivity index is 1.42. The minimum Gasteiger partial charge on any atom is -0.465 e. The first-order chi connectivity index (χ1) is 13.4. The van der Waals surface area contributed by atoms with Crippen molar-refractivity contribution < 1.29 is 9.21 Å². The Morgan fingerprint density at radius 3 is 2.75 bits per heavy atom. The third-order valence-electron chi connectivity index (χ3n) is 6.25. The summed E-state index contributed by atoms with van der Waals surface area (Å²) in [6, 6.07) is 12.1. The summed E-state index contributed by atoms with van der Waals surface area (Å²) in [6.45, 7) is 6.75. The first-order valence-electron chi connectivity index (χ1n) is 10.3. The number of hydrogen-bond acceptors (Lipinski definition) is 4. The molecule has 2 aromatic rings. The number of furan rings is 1. The smallest absolute Gasteiger partial charge is 0.253 e. The van der Waals surface area contributed by atoms with E-state index in [9.17, 15) is 4.79 Å². The molecular weight excluding hydrogens is 350 g/mol. The maximum Gasteiger partial charge on any atom is 0.253 e. The zero-order valence-electron chi connectivity index (χ0n) is 17.3. The summed E-state index contributed by atoms with van der Waals surface area (Å²) in [5.41, 5.74) is 2.09. The predicted octanol–water partition coefficient (Wildman–Crippen LogP) is 3.78. The molecule has 1 aromatic carbocycles. The van der Waals surface area contributed by atoms with E-state index >= 15 is 0 Å². The van der Waals surface area contributed by atoms with Crippen LogP contribution in [0.3, 0.4) is 0 Å². The average Bonchev–Trinajstić information content (AvgIpc) is 3.27. The normalized spacial score (nSPS) is 22.8. The van der Waals surface area contributed by atoms with E-state index in [1.165, 1.54) is 12.8 Å². The van der Waals surface area contributed by atoms with Gasteiger partial charge in [-0.2, -0.15) is 0 Å². The highest BCUT2D eigenvalue weighted by atomic mass is 16.3. The molecule has 1 atom stereocenters. The van der Waals surface area contributed by atoms with Gasteiger partial charge in [-0.3, -0.25) is 9.69 Å². The molecular formula is C23H31N3O2. The van der Waals surface area contributed by atoms with E-state index in [1.807, 2.05) is 56.3 Å². The number of piperidine rings is 1. The second-order valence-corrected chi connectivity index (χ2v) is 8.75. The standard InChI is InChI=1S/C23H31N3O2/c1-18-8-9-21(28-18)15-25-12-5-10-23(16-25)11-13-26(17-23)22(27)19-6-4-7-20(14-19)24(2)3/h4,6-9,14H,5,10-13,15-17H2,1-3H3/t23-/m0/s1. The third-order valence-corrected chi connectivity index (χ3v) is 6.25. The van der Waals surface area contributed by atoms with Crippen LogP contribution < -0.4 is 4.90 Å². The average molecular weight is 382 g/mol. The van der Waals surface area contributed by atoms with E-state index in [2.05, 4.69) is 15.9 Å². The van der Waals surface area contributed by atoms with Crippen LogP contribution >= 0.6 is 0 Å². The largest absolute Gasteiger partial charge is 0.465 e. The van der Waals surface area contributed by atoms with Crippen molar-refractivity contribution in [3.63, 3.8) is 0 Å². The molecule has 0 saturated carbocycles. The van der Waals surface area contributed by atoms with Gasteiger partial charge in [-0.1, -0.05) is 6.07 Å². The zero-order chi connectivity index (χ0) is 19.7. The quantitative estimate of drug-likeness (QED) is 0.808. The van der Waals surface area contributed by atoms with Gasteiger partial charge >= 0.3 is 0 Å². The number of hydrogen-bond donors (Lipinski definition) is 0. The zero-order valence-corrected chi connectivity index (χ0v) is 17.3. The van der Waals surface area contributed by atoms with Gasteiger partial charge in [-0.15, -0.1) is 0 Å². The summed E-state index contributed by atoms with van der Waals surface area (Å²) in [5.74, 6) is 2.18. The van der Waals surface area contributed by atoms with Crippen LogP contribution in [0.25, 0.3) is 0 Å². The van der Waals surface area contributed by atoms with Gasteiger partial charge in [0.2, 0.25) is 0 Å². The fraction of sp³-hybridized carbons (Fsp3) is 0.522. The van der Waals surface area contributed by atoms with Crippen LogP contribution in [0, 0.1) is 12.3 Å². The first-order valence-corrected chi connectivity index (χ1v) is 10.3. The Labute approximate surface area is 167 Å². The van der Waals surface area contributed by atoms with Crippen molar-refractivity contribution in [3.8, 4) is 0 Å². The number of benzene rings is 1. The molecule has 1 aromatic heterocycles. The molecule has 2 fully saturated rings. The number of likely N-dealkylation sites (tertiary alicyclic amines) is 2. The van der Waals surface area contributed by atoms with Crippen molar-refractivity contribution in [2.45, 2.75) is 32.7 Å². The Hall–Kier alpha value is -2.27. The minimum atomic E-state index is 0.166. The highest BCUT2D eigenvalue weighted by Crippen LogP contribution is 2.40. The lowest BCUT2D eigenvalue weighted by atomic mass is 9.79. The summed E-state index contributed by atoms with van der Waals surface area (Å²) < 4.78 is 5.77. The molecule has 4 rings (SSSR count). The summed E-state index contributed by atoms with van der Waals surface area (Å²) in [6.07, 6.45) is 3.50. The Morgan fingerprint density at radius 1 is 1.14 bits per heavy atom. The van der Waals surface area contributed by atoms with Crippen LogP contribution in [0.2, 0.25) is 0 Å². The molecule has 2 aliphatic heterocycles. The number of rotatable bonds is 4. The lowest BCUT2D eigenvalue weighted by molar-refractivity contribution is 0.0658. The van der Waals surface area contributed by atoms with Crippen molar-refractivity contribution in [3.05, 3.63) is 53.5 Å². The number of anilines is 1. The van der Waals surface area contributed by atoms with Gasteiger partial charge < -0.3 is 14.2 Å². The molecule has 1 amide bonds. The third kappa shape index (κ3) is 3.95.